The van der Waals surface area contributed by atoms with E-state index in [-0.39, 0.29) is 6.61 Å². The third kappa shape index (κ3) is 4.18. The van der Waals surface area contributed by atoms with E-state index in [2.05, 4.69) is 31.8 Å². The molecular weight excluding hydrogens is 308 g/mol. The van der Waals surface area contributed by atoms with Crippen LogP contribution in [0.5, 0.6) is 5.75 Å². The Bertz CT molecular complexity index is 406. The van der Waals surface area contributed by atoms with Crippen LogP contribution in [0.15, 0.2) is 22.7 Å². The third-order valence-corrected chi connectivity index (χ3v) is 4.30. The molecule has 1 aliphatic rings. The quantitative estimate of drug-likeness (QED) is 0.890. The lowest BCUT2D eigenvalue weighted by molar-refractivity contribution is 0.108. The Labute approximate surface area is 123 Å². The summed E-state index contributed by atoms with van der Waals surface area (Å²) in [5.74, 6) is 0.900. The third-order valence-electron chi connectivity index (χ3n) is 3.53. The highest BCUT2D eigenvalue weighted by Gasteiger charge is 2.17. The van der Waals surface area contributed by atoms with E-state index in [0.717, 1.165) is 49.5 Å². The number of aliphatic hydroxyl groups excluding tert-OH is 1. The van der Waals surface area contributed by atoms with Crippen LogP contribution >= 0.6 is 15.9 Å². The lowest BCUT2D eigenvalue weighted by Crippen LogP contribution is -2.46. The van der Waals surface area contributed by atoms with Crippen LogP contribution in [0.3, 0.4) is 0 Å². The standard InChI is InChI=1S/C14H21BrN2O2/c1-19-13-2-3-14(15)12(10-13)11-17-6-4-16(5-7-17)8-9-18/h2-3,10,18H,4-9,11H2,1H3. The van der Waals surface area contributed by atoms with Gasteiger partial charge in [0.25, 0.3) is 0 Å². The Morgan fingerprint density at radius 3 is 2.53 bits per heavy atom. The molecule has 0 amide bonds. The minimum atomic E-state index is 0.251. The summed E-state index contributed by atoms with van der Waals surface area (Å²) in [7, 11) is 1.70. The zero-order valence-electron chi connectivity index (χ0n) is 11.3. The minimum Gasteiger partial charge on any atom is -0.497 e. The van der Waals surface area contributed by atoms with Crippen molar-refractivity contribution in [3.63, 3.8) is 0 Å². The average molecular weight is 329 g/mol. The zero-order valence-corrected chi connectivity index (χ0v) is 12.9. The lowest BCUT2D eigenvalue weighted by atomic mass is 10.2. The molecule has 1 fully saturated rings. The first-order valence-electron chi connectivity index (χ1n) is 6.61. The van der Waals surface area contributed by atoms with Gasteiger partial charge in [0, 0.05) is 43.7 Å². The first-order chi connectivity index (χ1) is 9.22. The monoisotopic (exact) mass is 328 g/mol. The topological polar surface area (TPSA) is 35.9 Å². The molecule has 1 aromatic carbocycles. The van der Waals surface area contributed by atoms with Crippen molar-refractivity contribution in [1.29, 1.82) is 0 Å². The van der Waals surface area contributed by atoms with E-state index < -0.39 is 0 Å². The number of rotatable bonds is 5. The summed E-state index contributed by atoms with van der Waals surface area (Å²) in [6.07, 6.45) is 0. The number of nitrogens with zero attached hydrogens (tertiary/aromatic N) is 2. The molecule has 106 valence electrons. The Morgan fingerprint density at radius 2 is 1.89 bits per heavy atom. The second-order valence-electron chi connectivity index (χ2n) is 4.80. The summed E-state index contributed by atoms with van der Waals surface area (Å²) in [6, 6.07) is 6.09. The Morgan fingerprint density at radius 1 is 1.21 bits per heavy atom. The van der Waals surface area contributed by atoms with Gasteiger partial charge < -0.3 is 9.84 Å². The molecule has 2 rings (SSSR count). The van der Waals surface area contributed by atoms with Gasteiger partial charge in [-0.05, 0) is 23.8 Å². The number of benzene rings is 1. The highest BCUT2D eigenvalue weighted by molar-refractivity contribution is 9.10. The molecule has 0 aromatic heterocycles. The van der Waals surface area contributed by atoms with Gasteiger partial charge in [0.15, 0.2) is 0 Å². The van der Waals surface area contributed by atoms with Crippen molar-refractivity contribution >= 4 is 15.9 Å². The maximum absolute atomic E-state index is 8.94. The summed E-state index contributed by atoms with van der Waals surface area (Å²) >= 11 is 3.60. The van der Waals surface area contributed by atoms with Crippen molar-refractivity contribution < 1.29 is 9.84 Å². The van der Waals surface area contributed by atoms with Gasteiger partial charge in [-0.1, -0.05) is 15.9 Å². The fraction of sp³-hybridized carbons (Fsp3) is 0.571. The number of hydrogen-bond donors (Lipinski definition) is 1. The molecular formula is C14H21BrN2O2. The number of β-amino-alcohol motifs (C(OH)–C–C–N with tert-alkyl or cyclic N) is 1. The molecule has 0 atom stereocenters. The molecule has 0 saturated carbocycles. The molecule has 1 aromatic rings. The minimum absolute atomic E-state index is 0.251. The van der Waals surface area contributed by atoms with Crippen molar-refractivity contribution in [3.8, 4) is 5.75 Å². The highest BCUT2D eigenvalue weighted by atomic mass is 79.9. The molecule has 1 heterocycles. The Kier molecular flexibility index (Phi) is 5.63. The first kappa shape index (κ1) is 14.8. The van der Waals surface area contributed by atoms with Crippen LogP contribution in [-0.2, 0) is 6.54 Å². The SMILES string of the molecule is COc1ccc(Br)c(CN2CCN(CCO)CC2)c1. The maximum Gasteiger partial charge on any atom is 0.119 e. The number of halogens is 1. The predicted molar refractivity (Wildman–Crippen MR) is 79.5 cm³/mol. The van der Waals surface area contributed by atoms with E-state index in [4.69, 9.17) is 9.84 Å². The molecule has 1 N–H and O–H groups in total. The number of methoxy groups -OCH3 is 1. The van der Waals surface area contributed by atoms with Crippen LogP contribution in [0.1, 0.15) is 5.56 Å². The second kappa shape index (κ2) is 7.24. The van der Waals surface area contributed by atoms with Crippen molar-refractivity contribution in [2.24, 2.45) is 0 Å². The van der Waals surface area contributed by atoms with Gasteiger partial charge in [0.1, 0.15) is 5.75 Å². The summed E-state index contributed by atoms with van der Waals surface area (Å²) in [5, 5.41) is 8.94. The summed E-state index contributed by atoms with van der Waals surface area (Å²) in [5.41, 5.74) is 1.26. The second-order valence-corrected chi connectivity index (χ2v) is 5.65. The molecule has 4 nitrogen and oxygen atoms in total. The Hall–Kier alpha value is -0.620. The summed E-state index contributed by atoms with van der Waals surface area (Å²) in [4.78, 5) is 4.74. The summed E-state index contributed by atoms with van der Waals surface area (Å²) in [6.45, 7) is 6.13. The van der Waals surface area contributed by atoms with E-state index in [1.807, 2.05) is 12.1 Å². The predicted octanol–water partition coefficient (Wildman–Crippen LogP) is 1.57. The van der Waals surface area contributed by atoms with Crippen molar-refractivity contribution in [2.75, 3.05) is 46.4 Å². The fourth-order valence-electron chi connectivity index (χ4n) is 2.35. The highest BCUT2D eigenvalue weighted by Crippen LogP contribution is 2.24. The van der Waals surface area contributed by atoms with Gasteiger partial charge in [-0.15, -0.1) is 0 Å². The molecule has 0 spiro atoms. The Balaban J connectivity index is 1.91. The number of piperazine rings is 1. The molecule has 0 radical (unpaired) electrons. The van der Waals surface area contributed by atoms with Gasteiger partial charge in [-0.2, -0.15) is 0 Å². The molecule has 0 aliphatic carbocycles. The van der Waals surface area contributed by atoms with Crippen LogP contribution in [0.2, 0.25) is 0 Å². The van der Waals surface area contributed by atoms with Crippen LogP contribution in [0, 0.1) is 0 Å². The molecule has 0 unspecified atom stereocenters. The van der Waals surface area contributed by atoms with E-state index in [1.165, 1.54) is 5.56 Å². The maximum atomic E-state index is 8.94. The van der Waals surface area contributed by atoms with Gasteiger partial charge in [-0.25, -0.2) is 0 Å². The van der Waals surface area contributed by atoms with Gasteiger partial charge in [0.2, 0.25) is 0 Å². The summed E-state index contributed by atoms with van der Waals surface area (Å²) < 4.78 is 6.40. The van der Waals surface area contributed by atoms with Crippen molar-refractivity contribution in [2.45, 2.75) is 6.54 Å². The molecule has 0 bridgehead atoms. The van der Waals surface area contributed by atoms with Gasteiger partial charge >= 0.3 is 0 Å². The molecule has 19 heavy (non-hydrogen) atoms. The number of ether oxygens (including phenoxy) is 1. The van der Waals surface area contributed by atoms with E-state index in [9.17, 15) is 0 Å². The fourth-order valence-corrected chi connectivity index (χ4v) is 2.72. The van der Waals surface area contributed by atoms with E-state index >= 15 is 0 Å². The van der Waals surface area contributed by atoms with Crippen LogP contribution in [0.4, 0.5) is 0 Å². The smallest absolute Gasteiger partial charge is 0.119 e. The van der Waals surface area contributed by atoms with Crippen molar-refractivity contribution in [1.82, 2.24) is 9.80 Å². The zero-order chi connectivity index (χ0) is 13.7. The van der Waals surface area contributed by atoms with Gasteiger partial charge in [-0.3, -0.25) is 9.80 Å². The van der Waals surface area contributed by atoms with Crippen LogP contribution in [-0.4, -0.2) is 61.3 Å². The first-order valence-corrected chi connectivity index (χ1v) is 7.40. The van der Waals surface area contributed by atoms with Crippen molar-refractivity contribution in [3.05, 3.63) is 28.2 Å². The normalized spacial score (nSPS) is 17.6. The number of hydrogen-bond acceptors (Lipinski definition) is 4. The van der Waals surface area contributed by atoms with Crippen LogP contribution in [0.25, 0.3) is 0 Å². The molecule has 5 heteroatoms. The largest absolute Gasteiger partial charge is 0.497 e. The van der Waals surface area contributed by atoms with E-state index in [0.29, 0.717) is 0 Å². The van der Waals surface area contributed by atoms with E-state index in [1.54, 1.807) is 7.11 Å². The molecule has 1 saturated heterocycles. The van der Waals surface area contributed by atoms with Crippen LogP contribution < -0.4 is 4.74 Å². The van der Waals surface area contributed by atoms with Gasteiger partial charge in [0.05, 0.1) is 13.7 Å². The average Bonchev–Trinajstić information content (AvgIpc) is 2.44. The lowest BCUT2D eigenvalue weighted by Gasteiger charge is -2.34. The number of aliphatic hydroxyl groups is 1. The molecule has 1 aliphatic heterocycles.